The van der Waals surface area contributed by atoms with Crippen molar-refractivity contribution in [3.8, 4) is 0 Å². The molecule has 85 heavy (non-hydrogen) atoms. The van der Waals surface area contributed by atoms with Crippen LogP contribution in [0, 0.1) is 27.7 Å². The second-order valence-electron chi connectivity index (χ2n) is 21.8. The van der Waals surface area contributed by atoms with E-state index in [1.807, 2.05) is 0 Å². The number of nitrogens with one attached hydrogen (secondary N) is 2. The molecule has 7 fully saturated rings. The van der Waals surface area contributed by atoms with Crippen molar-refractivity contribution in [3.05, 3.63) is 110 Å². The average molecular weight is 1310 g/mol. The second-order valence-corrected chi connectivity index (χ2v) is 30.3. The number of aromatic nitrogens is 8. The van der Waals surface area contributed by atoms with Crippen LogP contribution < -0.4 is 45.3 Å². The Kier molecular flexibility index (Phi) is 16.5. The summed E-state index contributed by atoms with van der Waals surface area (Å²) in [5.41, 5.74) is 2.77. The topological polar surface area (TPSA) is 429 Å². The second kappa shape index (κ2) is 22.5. The van der Waals surface area contributed by atoms with Crippen molar-refractivity contribution in [2.75, 3.05) is 37.9 Å². The van der Waals surface area contributed by atoms with Crippen LogP contribution >= 0.6 is 32.5 Å². The van der Waals surface area contributed by atoms with Crippen LogP contribution in [0.1, 0.15) is 80.8 Å². The van der Waals surface area contributed by atoms with Gasteiger partial charge in [-0.25, -0.2) is 23.7 Å². The van der Waals surface area contributed by atoms with Gasteiger partial charge in [0.25, 0.3) is 11.1 Å². The monoisotopic (exact) mass is 1310 g/mol. The summed E-state index contributed by atoms with van der Waals surface area (Å²) < 4.78 is 100. The number of H-pyrrole nitrogens is 2. The molecule has 6 bridgehead atoms. The van der Waals surface area contributed by atoms with Gasteiger partial charge in [-0.2, -0.15) is 9.97 Å². The van der Waals surface area contributed by atoms with Crippen LogP contribution in [0.5, 0.6) is 0 Å². The Morgan fingerprint density at radius 1 is 0.624 bits per heavy atom. The number of nitrogen functional groups attached to an aromatic ring is 2. The number of aromatic amines is 2. The highest BCUT2D eigenvalue weighted by Gasteiger charge is 2.72. The van der Waals surface area contributed by atoms with Crippen LogP contribution in [0.3, 0.4) is 0 Å². The number of aryl methyl sites for hydroxylation is 4. The van der Waals surface area contributed by atoms with Crippen molar-refractivity contribution in [1.82, 2.24) is 38.2 Å². The highest BCUT2D eigenvalue weighted by Crippen LogP contribution is 2.65. The Bertz CT molecular complexity index is 3870. The van der Waals surface area contributed by atoms with Crippen molar-refractivity contribution >= 4 is 67.7 Å². The lowest BCUT2D eigenvalue weighted by Gasteiger charge is -2.38. The third-order valence-electron chi connectivity index (χ3n) is 16.5. The number of ether oxygens (including phenoxy) is 7. The highest BCUT2D eigenvalue weighted by molar-refractivity contribution is 8.44. The van der Waals surface area contributed by atoms with Crippen LogP contribution in [-0.4, -0.2) is 157 Å². The van der Waals surface area contributed by atoms with Crippen LogP contribution in [0.4, 0.5) is 11.6 Å². The number of fused-ring (bicyclic) bond motifs is 6. The van der Waals surface area contributed by atoms with E-state index in [1.165, 1.54) is 50.1 Å². The molecule has 7 saturated heterocycles. The third kappa shape index (κ3) is 11.0. The quantitative estimate of drug-likeness (QED) is 0.0409. The molecule has 6 unspecified atom stereocenters. The fourth-order valence-electron chi connectivity index (χ4n) is 11.8. The van der Waals surface area contributed by atoms with E-state index >= 15 is 4.57 Å². The van der Waals surface area contributed by atoms with Crippen molar-refractivity contribution < 1.29 is 79.8 Å². The Balaban J connectivity index is 0.856. The molecule has 4 aromatic rings. The van der Waals surface area contributed by atoms with E-state index in [4.69, 9.17) is 95.4 Å². The molecule has 9 N–H and O–H groups in total. The fourth-order valence-corrected chi connectivity index (χ4v) is 16.2. The predicted octanol–water partition coefficient (Wildman–Crippen LogP) is -0.490. The normalized spacial score (nSPS) is 36.7. The van der Waals surface area contributed by atoms with Gasteiger partial charge >= 0.3 is 43.0 Å². The van der Waals surface area contributed by atoms with Gasteiger partial charge in [0.1, 0.15) is 71.3 Å². The lowest BCUT2D eigenvalue weighted by molar-refractivity contribution is -0.219. The molecule has 0 radical (unpaired) electrons. The van der Waals surface area contributed by atoms with Gasteiger partial charge < -0.3 is 68.6 Å². The SMILES string of the molecule is Cc1cn([C@@H]2O[C@]3(CO)C(OP(O)(=S)OC[C@]45O[C@@H](n6cc(C)c(=O)[nH]c6=O)[C@@H](O[C@H]4C)C5OP(=O)(S)OC[C@]45O[C@@H](n6cc(C)c(N)nc6=O)[C@@H](O[C@H]4C)C5OP(O)(=S)OC[C@@H]4CC[C@H](n5cc(C)c(=O)[nH]c5=O)O4)[C@@H]2O[C@H]3C)c(=O)nc1N. The summed E-state index contributed by atoms with van der Waals surface area (Å²) >= 11 is 15.5. The lowest BCUT2D eigenvalue weighted by Crippen LogP contribution is -2.52. The molecule has 7 aliphatic rings. The molecule has 7 aliphatic heterocycles. The molecule has 466 valence electrons. The number of thiol groups is 1. The van der Waals surface area contributed by atoms with Crippen LogP contribution in [0.2, 0.25) is 0 Å². The van der Waals surface area contributed by atoms with E-state index in [-0.39, 0.29) is 29.4 Å². The summed E-state index contributed by atoms with van der Waals surface area (Å²) in [6, 6.07) is 0. The minimum absolute atomic E-state index is 0.0261. The van der Waals surface area contributed by atoms with Crippen LogP contribution in [-0.2, 0) is 88.5 Å². The zero-order valence-corrected chi connectivity index (χ0v) is 51.3. The van der Waals surface area contributed by atoms with Gasteiger partial charge in [-0.15, -0.1) is 0 Å². The van der Waals surface area contributed by atoms with Gasteiger partial charge in [-0.05, 0) is 84.9 Å². The summed E-state index contributed by atoms with van der Waals surface area (Å²) in [6.45, 7) is -5.73. The first-order valence-corrected chi connectivity index (χ1v) is 34.3. The van der Waals surface area contributed by atoms with Gasteiger partial charge in [0.05, 0.1) is 50.8 Å². The molecular formula is C46H61N10O23P3S3. The molecule has 33 nitrogen and oxygen atoms in total. The van der Waals surface area contributed by atoms with Crippen molar-refractivity contribution in [2.24, 2.45) is 0 Å². The molecule has 0 aliphatic carbocycles. The molecule has 39 heteroatoms. The van der Waals surface area contributed by atoms with Crippen molar-refractivity contribution in [2.45, 2.75) is 164 Å². The standard InChI is InChI=1S/C46H61N10O23P3S3/c1-18-10-54(40(60)49-33(18)47)37-27-30(44(15-57,74-37)22(5)70-27)77-81(65,84)68-17-46-24(7)72-29(39(76-46)56-13-21(4)36(59)52-43(56)63)32(46)79-82(66,85)69-16-45-23(6)71-28(38(75-45)55-11-19(2)34(48)50-41(55)61)31(45)78-80(64,83)67-14-25-8-9-26(73-25)53-12-20(3)35(58)51-42(53)62/h10-13,22-32,37-39,57H,8-9,14-17H2,1-7H3,(H,64,83)(H,65,84)(H,66,85)(H2,47,49,60)(H2,48,50,61)(H,51,58,62)(H,52,59,63)/t22-,23-,24-,25-,26+,27-,28-,29-,30?,31?,32?,37+,38+,39+,44-,45-,46-,80?,81?,82?/m0/s1. The van der Waals surface area contributed by atoms with E-state index in [9.17, 15) is 43.7 Å². The summed E-state index contributed by atoms with van der Waals surface area (Å²) in [6.07, 6.45) is -11.0. The maximum atomic E-state index is 15.0. The van der Waals surface area contributed by atoms with E-state index in [2.05, 4.69) is 32.2 Å². The summed E-state index contributed by atoms with van der Waals surface area (Å²) in [5.74, 6) is -0.0955. The van der Waals surface area contributed by atoms with Crippen molar-refractivity contribution in [3.63, 3.8) is 0 Å². The maximum Gasteiger partial charge on any atom is 0.386 e. The first-order chi connectivity index (χ1) is 39.8. The highest BCUT2D eigenvalue weighted by atomic mass is 32.7. The average Bonchev–Trinajstić information content (AvgIpc) is 1.59. The lowest BCUT2D eigenvalue weighted by atomic mass is 9.94. The molecule has 20 atom stereocenters. The summed E-state index contributed by atoms with van der Waals surface area (Å²) in [4.78, 5) is 113. The zero-order chi connectivity index (χ0) is 61.4. The van der Waals surface area contributed by atoms with Gasteiger partial charge in [-0.1, -0.05) is 12.2 Å². The van der Waals surface area contributed by atoms with Gasteiger partial charge in [0.2, 0.25) is 0 Å². The van der Waals surface area contributed by atoms with Crippen molar-refractivity contribution in [1.29, 1.82) is 0 Å². The molecule has 0 saturated carbocycles. The molecule has 11 rings (SSSR count). The van der Waals surface area contributed by atoms with E-state index in [0.717, 1.165) is 13.7 Å². The van der Waals surface area contributed by atoms with Crippen LogP contribution in [0.25, 0.3) is 0 Å². The van der Waals surface area contributed by atoms with Crippen LogP contribution in [0.15, 0.2) is 53.6 Å². The number of aliphatic hydroxyl groups is 1. The molecule has 0 spiro atoms. The molecule has 4 aromatic heterocycles. The van der Waals surface area contributed by atoms with Gasteiger partial charge in [0.15, 0.2) is 18.7 Å². The Labute approximate surface area is 495 Å². The number of rotatable bonds is 20. The van der Waals surface area contributed by atoms with E-state index in [1.54, 1.807) is 27.7 Å². The number of anilines is 2. The molecule has 0 aromatic carbocycles. The molecule has 11 heterocycles. The van der Waals surface area contributed by atoms with E-state index in [0.29, 0.717) is 24.0 Å². The first-order valence-electron chi connectivity index (χ1n) is 26.4. The third-order valence-corrected chi connectivity index (χ3v) is 21.2. The zero-order valence-electron chi connectivity index (χ0n) is 46.1. The predicted molar refractivity (Wildman–Crippen MR) is 301 cm³/mol. The van der Waals surface area contributed by atoms with E-state index < -0.39 is 177 Å². The molecular weight excluding hydrogens is 1250 g/mol. The summed E-state index contributed by atoms with van der Waals surface area (Å²) in [5, 5.41) is 10.8. The summed E-state index contributed by atoms with van der Waals surface area (Å²) in [7, 11) is 0. The number of hydrogen-bond acceptors (Lipinski definition) is 27. The van der Waals surface area contributed by atoms with Gasteiger partial charge in [0, 0.05) is 47.0 Å². The smallest absolute Gasteiger partial charge is 0.386 e. The Morgan fingerprint density at radius 2 is 1.04 bits per heavy atom. The minimum Gasteiger partial charge on any atom is -0.393 e. The number of aliphatic hydroxyl groups excluding tert-OH is 1. The number of nitrogens with two attached hydrogens (primary N) is 2. The van der Waals surface area contributed by atoms with Gasteiger partial charge in [-0.3, -0.25) is 55.9 Å². The number of hydrogen-bond donors (Lipinski definition) is 8. The minimum atomic E-state index is -4.87. The maximum absolute atomic E-state index is 15.0. The number of nitrogens with zero attached hydrogens (tertiary/aromatic N) is 6. The largest absolute Gasteiger partial charge is 0.393 e. The Morgan fingerprint density at radius 3 is 1.55 bits per heavy atom. The first kappa shape index (κ1) is 62.6. The Hall–Kier alpha value is -4.04. The fraction of sp³-hybridized carbons (Fsp3) is 0.652. The molecule has 0 amide bonds.